The van der Waals surface area contributed by atoms with E-state index >= 15 is 0 Å². The van der Waals surface area contributed by atoms with E-state index in [0.717, 1.165) is 38.5 Å². The first-order chi connectivity index (χ1) is 7.48. The van der Waals surface area contributed by atoms with Crippen molar-refractivity contribution in [3.63, 3.8) is 0 Å². The minimum atomic E-state index is -3.16. The van der Waals surface area contributed by atoms with Crippen LogP contribution in [0, 0.1) is 5.92 Å². The average molecular weight is 246 g/mol. The maximum atomic E-state index is 12.2. The highest BCUT2D eigenvalue weighted by Gasteiger charge is 2.44. The van der Waals surface area contributed by atoms with E-state index < -0.39 is 15.6 Å². The van der Waals surface area contributed by atoms with E-state index in [2.05, 4.69) is 4.72 Å². The molecule has 4 nitrogen and oxygen atoms in total. The van der Waals surface area contributed by atoms with E-state index in [0.29, 0.717) is 12.5 Å². The van der Waals surface area contributed by atoms with Crippen molar-refractivity contribution in [1.82, 2.24) is 4.72 Å². The Bertz CT molecular complexity index is 345. The molecule has 0 heterocycles. The molecule has 2 saturated carbocycles. The standard InChI is InChI=1S/C11H22N2O2S/c1-11(8-12,9-6-7-9)13-16(14,15)10-4-2-3-5-10/h9-10,13H,2-8,12H2,1H3. The van der Waals surface area contributed by atoms with Gasteiger partial charge in [-0.15, -0.1) is 0 Å². The van der Waals surface area contributed by atoms with E-state index in [9.17, 15) is 8.42 Å². The molecule has 0 radical (unpaired) electrons. The Balaban J connectivity index is 2.06. The Kier molecular flexibility index (Phi) is 3.29. The lowest BCUT2D eigenvalue weighted by molar-refractivity contribution is 0.372. The highest BCUT2D eigenvalue weighted by Crippen LogP contribution is 2.40. The van der Waals surface area contributed by atoms with Gasteiger partial charge in [-0.1, -0.05) is 12.8 Å². The van der Waals surface area contributed by atoms with Crippen LogP contribution in [-0.4, -0.2) is 25.8 Å². The molecule has 0 aromatic carbocycles. The summed E-state index contributed by atoms with van der Waals surface area (Å²) in [5.74, 6) is 0.439. The fraction of sp³-hybridized carbons (Fsp3) is 1.00. The predicted molar refractivity (Wildman–Crippen MR) is 64.5 cm³/mol. The molecule has 0 amide bonds. The van der Waals surface area contributed by atoms with Crippen molar-refractivity contribution < 1.29 is 8.42 Å². The van der Waals surface area contributed by atoms with Gasteiger partial charge in [0.25, 0.3) is 0 Å². The maximum absolute atomic E-state index is 12.2. The van der Waals surface area contributed by atoms with Gasteiger partial charge in [-0.2, -0.15) is 0 Å². The molecule has 2 aliphatic rings. The zero-order valence-electron chi connectivity index (χ0n) is 9.91. The van der Waals surface area contributed by atoms with E-state index in [1.165, 1.54) is 0 Å². The molecule has 3 N–H and O–H groups in total. The van der Waals surface area contributed by atoms with Crippen LogP contribution in [0.1, 0.15) is 45.4 Å². The van der Waals surface area contributed by atoms with Gasteiger partial charge in [-0.3, -0.25) is 0 Å². The summed E-state index contributed by atoms with van der Waals surface area (Å²) >= 11 is 0. The monoisotopic (exact) mass is 246 g/mol. The minimum Gasteiger partial charge on any atom is -0.329 e. The van der Waals surface area contributed by atoms with E-state index in [1.54, 1.807) is 0 Å². The van der Waals surface area contributed by atoms with E-state index in [-0.39, 0.29) is 5.25 Å². The van der Waals surface area contributed by atoms with Gasteiger partial charge >= 0.3 is 0 Å². The molecule has 2 fully saturated rings. The molecular weight excluding hydrogens is 224 g/mol. The zero-order valence-corrected chi connectivity index (χ0v) is 10.7. The summed E-state index contributed by atoms with van der Waals surface area (Å²) in [6.07, 6.45) is 5.88. The quantitative estimate of drug-likeness (QED) is 0.759. The zero-order chi connectivity index (χ0) is 11.8. The van der Waals surface area contributed by atoms with Crippen molar-refractivity contribution in [3.05, 3.63) is 0 Å². The van der Waals surface area contributed by atoms with Crippen LogP contribution in [0.15, 0.2) is 0 Å². The number of nitrogens with two attached hydrogens (primary N) is 1. The smallest absolute Gasteiger partial charge is 0.215 e. The summed E-state index contributed by atoms with van der Waals surface area (Å²) in [6, 6.07) is 0. The second kappa shape index (κ2) is 4.27. The van der Waals surface area contributed by atoms with Gasteiger partial charge in [0, 0.05) is 12.1 Å². The lowest BCUT2D eigenvalue weighted by atomic mass is 9.98. The molecule has 0 saturated heterocycles. The second-order valence-electron chi connectivity index (χ2n) is 5.45. The largest absolute Gasteiger partial charge is 0.329 e. The first-order valence-corrected chi connectivity index (χ1v) is 7.75. The molecule has 2 rings (SSSR count). The minimum absolute atomic E-state index is 0.183. The van der Waals surface area contributed by atoms with Crippen LogP contribution in [0.5, 0.6) is 0 Å². The Morgan fingerprint density at radius 1 is 1.25 bits per heavy atom. The highest BCUT2D eigenvalue weighted by molar-refractivity contribution is 7.90. The number of hydrogen-bond acceptors (Lipinski definition) is 3. The van der Waals surface area contributed by atoms with Gasteiger partial charge in [0.2, 0.25) is 10.0 Å². The Labute approximate surface area is 98.0 Å². The molecule has 5 heteroatoms. The summed E-state index contributed by atoms with van der Waals surface area (Å²) in [5, 5.41) is -0.183. The Morgan fingerprint density at radius 3 is 2.25 bits per heavy atom. The summed E-state index contributed by atoms with van der Waals surface area (Å²) < 4.78 is 27.2. The maximum Gasteiger partial charge on any atom is 0.215 e. The van der Waals surface area contributed by atoms with Crippen LogP contribution in [0.3, 0.4) is 0 Å². The van der Waals surface area contributed by atoms with Crippen molar-refractivity contribution in [2.24, 2.45) is 11.7 Å². The van der Waals surface area contributed by atoms with Crippen LogP contribution in [0.25, 0.3) is 0 Å². The van der Waals surface area contributed by atoms with E-state index in [4.69, 9.17) is 5.73 Å². The van der Waals surface area contributed by atoms with Crippen molar-refractivity contribution in [1.29, 1.82) is 0 Å². The van der Waals surface area contributed by atoms with Crippen LogP contribution < -0.4 is 10.5 Å². The topological polar surface area (TPSA) is 72.2 Å². The first-order valence-electron chi connectivity index (χ1n) is 6.21. The van der Waals surface area contributed by atoms with Crippen LogP contribution in [-0.2, 0) is 10.0 Å². The third-order valence-corrected chi connectivity index (χ3v) is 6.12. The lowest BCUT2D eigenvalue weighted by Gasteiger charge is -2.30. The molecular formula is C11H22N2O2S. The van der Waals surface area contributed by atoms with Gasteiger partial charge in [0.1, 0.15) is 0 Å². The van der Waals surface area contributed by atoms with Crippen molar-refractivity contribution in [2.75, 3.05) is 6.54 Å². The van der Waals surface area contributed by atoms with Crippen LogP contribution in [0.4, 0.5) is 0 Å². The van der Waals surface area contributed by atoms with Gasteiger partial charge in [-0.25, -0.2) is 13.1 Å². The number of sulfonamides is 1. The number of nitrogens with one attached hydrogen (secondary N) is 1. The Hall–Kier alpha value is -0.130. The molecule has 0 spiro atoms. The molecule has 1 unspecified atom stereocenters. The number of rotatable bonds is 5. The summed E-state index contributed by atoms with van der Waals surface area (Å²) in [7, 11) is -3.16. The fourth-order valence-electron chi connectivity index (χ4n) is 2.62. The lowest BCUT2D eigenvalue weighted by Crippen LogP contribution is -2.55. The molecule has 0 aliphatic heterocycles. The first kappa shape index (κ1) is 12.3. The highest BCUT2D eigenvalue weighted by atomic mass is 32.2. The van der Waals surface area contributed by atoms with Gasteiger partial charge in [-0.05, 0) is 38.5 Å². The SMILES string of the molecule is CC(CN)(NS(=O)(=O)C1CCCC1)C1CC1. The third-order valence-electron chi connectivity index (χ3n) is 4.02. The number of hydrogen-bond donors (Lipinski definition) is 2. The summed E-state index contributed by atoms with van der Waals surface area (Å²) in [5.41, 5.74) is 5.31. The molecule has 16 heavy (non-hydrogen) atoms. The van der Waals surface area contributed by atoms with Crippen LogP contribution >= 0.6 is 0 Å². The van der Waals surface area contributed by atoms with Gasteiger partial charge in [0.15, 0.2) is 0 Å². The fourth-order valence-corrected chi connectivity index (χ4v) is 4.64. The molecule has 94 valence electrons. The second-order valence-corrected chi connectivity index (χ2v) is 7.41. The normalized spacial score (nSPS) is 26.9. The molecule has 0 bridgehead atoms. The summed E-state index contributed by atoms with van der Waals surface area (Å²) in [4.78, 5) is 0. The van der Waals surface area contributed by atoms with Gasteiger partial charge < -0.3 is 5.73 Å². The average Bonchev–Trinajstić information content (AvgIpc) is 2.93. The summed E-state index contributed by atoms with van der Waals surface area (Å²) in [6.45, 7) is 2.33. The van der Waals surface area contributed by atoms with Crippen LogP contribution in [0.2, 0.25) is 0 Å². The Morgan fingerprint density at radius 2 is 1.81 bits per heavy atom. The predicted octanol–water partition coefficient (Wildman–Crippen LogP) is 0.976. The van der Waals surface area contributed by atoms with Gasteiger partial charge in [0.05, 0.1) is 5.25 Å². The van der Waals surface area contributed by atoms with Crippen molar-refractivity contribution >= 4 is 10.0 Å². The van der Waals surface area contributed by atoms with E-state index in [1.807, 2.05) is 6.92 Å². The molecule has 0 aromatic heterocycles. The van der Waals surface area contributed by atoms with Crippen molar-refractivity contribution in [2.45, 2.75) is 56.2 Å². The molecule has 1 atom stereocenters. The third kappa shape index (κ3) is 2.41. The molecule has 0 aromatic rings. The molecule has 2 aliphatic carbocycles. The van der Waals surface area contributed by atoms with Crippen molar-refractivity contribution in [3.8, 4) is 0 Å².